The molecule has 1 unspecified atom stereocenters. The van der Waals surface area contributed by atoms with Crippen LogP contribution in [0.1, 0.15) is 34.8 Å². The molecule has 0 saturated heterocycles. The van der Waals surface area contributed by atoms with Crippen molar-refractivity contribution >= 4 is 5.91 Å². The van der Waals surface area contributed by atoms with E-state index in [-0.39, 0.29) is 5.91 Å². The number of carbonyl (C=O) groups is 1. The Labute approximate surface area is 103 Å². The Bertz CT molecular complexity index is 388. The van der Waals surface area contributed by atoms with Gasteiger partial charge in [0.15, 0.2) is 0 Å². The van der Waals surface area contributed by atoms with Crippen molar-refractivity contribution in [2.45, 2.75) is 27.2 Å². The number of hydrogen-bond acceptors (Lipinski definition) is 2. The highest BCUT2D eigenvalue weighted by atomic mass is 16.1. The summed E-state index contributed by atoms with van der Waals surface area (Å²) in [5, 5.41) is 2.96. The van der Waals surface area contributed by atoms with E-state index < -0.39 is 0 Å². The molecule has 1 aromatic carbocycles. The average Bonchev–Trinajstić information content (AvgIpc) is 2.29. The van der Waals surface area contributed by atoms with Crippen LogP contribution in [0, 0.1) is 19.8 Å². The van der Waals surface area contributed by atoms with E-state index in [4.69, 9.17) is 5.73 Å². The highest BCUT2D eigenvalue weighted by Gasteiger charge is 2.10. The lowest BCUT2D eigenvalue weighted by Crippen LogP contribution is -2.29. The third kappa shape index (κ3) is 4.19. The van der Waals surface area contributed by atoms with Gasteiger partial charge in [0.1, 0.15) is 0 Å². The maximum Gasteiger partial charge on any atom is 0.251 e. The smallest absolute Gasteiger partial charge is 0.251 e. The Morgan fingerprint density at radius 3 is 2.76 bits per heavy atom. The summed E-state index contributed by atoms with van der Waals surface area (Å²) < 4.78 is 0. The molecule has 94 valence electrons. The Morgan fingerprint density at radius 1 is 1.41 bits per heavy atom. The van der Waals surface area contributed by atoms with Gasteiger partial charge in [0.2, 0.25) is 0 Å². The Hall–Kier alpha value is -1.35. The van der Waals surface area contributed by atoms with Gasteiger partial charge in [0, 0.05) is 12.1 Å². The topological polar surface area (TPSA) is 55.1 Å². The summed E-state index contributed by atoms with van der Waals surface area (Å²) >= 11 is 0. The second-order valence-corrected chi connectivity index (χ2v) is 4.71. The fraction of sp³-hybridized carbons (Fsp3) is 0.500. The molecule has 0 spiro atoms. The van der Waals surface area contributed by atoms with Gasteiger partial charge in [-0.3, -0.25) is 4.79 Å². The zero-order valence-corrected chi connectivity index (χ0v) is 10.9. The molecule has 0 radical (unpaired) electrons. The lowest BCUT2D eigenvalue weighted by atomic mass is 10.0. The number of nitrogens with two attached hydrogens (primary N) is 1. The zero-order valence-electron chi connectivity index (χ0n) is 10.9. The van der Waals surface area contributed by atoms with Crippen molar-refractivity contribution in [2.24, 2.45) is 11.7 Å². The van der Waals surface area contributed by atoms with E-state index in [1.807, 2.05) is 32.0 Å². The lowest BCUT2D eigenvalue weighted by Gasteiger charge is -2.12. The molecular formula is C14H22N2O. The van der Waals surface area contributed by atoms with Crippen LogP contribution in [0.4, 0.5) is 0 Å². The summed E-state index contributed by atoms with van der Waals surface area (Å²) in [6.07, 6.45) is 0.938. The molecule has 1 amide bonds. The fourth-order valence-electron chi connectivity index (χ4n) is 1.73. The molecule has 0 aliphatic rings. The van der Waals surface area contributed by atoms with Gasteiger partial charge in [0.25, 0.3) is 5.91 Å². The van der Waals surface area contributed by atoms with E-state index in [0.29, 0.717) is 19.0 Å². The number of benzene rings is 1. The standard InChI is InChI=1S/C14H22N2O/c1-10-4-5-12(3)13(8-10)14(17)16-9-11(2)6-7-15/h4-5,8,11H,6-7,9,15H2,1-3H3,(H,16,17). The van der Waals surface area contributed by atoms with Crippen LogP contribution in [0.25, 0.3) is 0 Å². The molecular weight excluding hydrogens is 212 g/mol. The highest BCUT2D eigenvalue weighted by molar-refractivity contribution is 5.95. The van der Waals surface area contributed by atoms with Crippen LogP contribution >= 0.6 is 0 Å². The normalized spacial score (nSPS) is 12.2. The second kappa shape index (κ2) is 6.40. The van der Waals surface area contributed by atoms with Gasteiger partial charge in [-0.05, 0) is 44.4 Å². The van der Waals surface area contributed by atoms with Gasteiger partial charge in [0.05, 0.1) is 0 Å². The van der Waals surface area contributed by atoms with Crippen molar-refractivity contribution < 1.29 is 4.79 Å². The van der Waals surface area contributed by atoms with Crippen molar-refractivity contribution in [3.05, 3.63) is 34.9 Å². The van der Waals surface area contributed by atoms with Crippen LogP contribution in [0.15, 0.2) is 18.2 Å². The molecule has 0 fully saturated rings. The molecule has 1 atom stereocenters. The molecule has 0 aliphatic heterocycles. The summed E-state index contributed by atoms with van der Waals surface area (Å²) in [7, 11) is 0. The molecule has 0 aromatic heterocycles. The maximum atomic E-state index is 12.0. The summed E-state index contributed by atoms with van der Waals surface area (Å²) in [6.45, 7) is 7.39. The van der Waals surface area contributed by atoms with E-state index in [0.717, 1.165) is 23.1 Å². The lowest BCUT2D eigenvalue weighted by molar-refractivity contribution is 0.0947. The predicted molar refractivity (Wildman–Crippen MR) is 71.1 cm³/mol. The van der Waals surface area contributed by atoms with Crippen LogP contribution in [-0.2, 0) is 0 Å². The molecule has 1 rings (SSSR count). The number of amides is 1. The second-order valence-electron chi connectivity index (χ2n) is 4.71. The molecule has 17 heavy (non-hydrogen) atoms. The fourth-order valence-corrected chi connectivity index (χ4v) is 1.73. The number of rotatable bonds is 5. The summed E-state index contributed by atoms with van der Waals surface area (Å²) in [5.41, 5.74) is 8.37. The first-order chi connectivity index (χ1) is 8.04. The molecule has 3 N–H and O–H groups in total. The number of hydrogen-bond donors (Lipinski definition) is 2. The Morgan fingerprint density at radius 2 is 2.12 bits per heavy atom. The number of carbonyl (C=O) groups excluding carboxylic acids is 1. The SMILES string of the molecule is Cc1ccc(C)c(C(=O)NCC(C)CCN)c1. The van der Waals surface area contributed by atoms with Crippen LogP contribution in [0.2, 0.25) is 0 Å². The van der Waals surface area contributed by atoms with Gasteiger partial charge >= 0.3 is 0 Å². The third-order valence-corrected chi connectivity index (χ3v) is 2.91. The summed E-state index contributed by atoms with van der Waals surface area (Å²) in [5.74, 6) is 0.434. The monoisotopic (exact) mass is 234 g/mol. The van der Waals surface area contributed by atoms with Crippen LogP contribution in [0.5, 0.6) is 0 Å². The third-order valence-electron chi connectivity index (χ3n) is 2.91. The van der Waals surface area contributed by atoms with Gasteiger partial charge in [-0.25, -0.2) is 0 Å². The molecule has 0 bridgehead atoms. The predicted octanol–water partition coefficient (Wildman–Crippen LogP) is 2.02. The van der Waals surface area contributed by atoms with Gasteiger partial charge in [-0.1, -0.05) is 24.6 Å². The van der Waals surface area contributed by atoms with E-state index >= 15 is 0 Å². The number of aryl methyl sites for hydroxylation is 2. The van der Waals surface area contributed by atoms with E-state index in [9.17, 15) is 4.79 Å². The van der Waals surface area contributed by atoms with Crippen LogP contribution in [-0.4, -0.2) is 19.0 Å². The molecule has 3 heteroatoms. The zero-order chi connectivity index (χ0) is 12.8. The van der Waals surface area contributed by atoms with Gasteiger partial charge < -0.3 is 11.1 Å². The molecule has 3 nitrogen and oxygen atoms in total. The molecule has 0 aliphatic carbocycles. The minimum absolute atomic E-state index is 0.00933. The van der Waals surface area contributed by atoms with Crippen LogP contribution in [0.3, 0.4) is 0 Å². The molecule has 1 aromatic rings. The van der Waals surface area contributed by atoms with Crippen molar-refractivity contribution in [2.75, 3.05) is 13.1 Å². The van der Waals surface area contributed by atoms with Crippen molar-refractivity contribution in [3.63, 3.8) is 0 Å². The molecule has 0 saturated carbocycles. The largest absolute Gasteiger partial charge is 0.352 e. The van der Waals surface area contributed by atoms with Gasteiger partial charge in [-0.2, -0.15) is 0 Å². The molecule has 0 heterocycles. The quantitative estimate of drug-likeness (QED) is 0.819. The first-order valence-electron chi connectivity index (χ1n) is 6.10. The first-order valence-corrected chi connectivity index (χ1v) is 6.10. The number of nitrogens with one attached hydrogen (secondary N) is 1. The van der Waals surface area contributed by atoms with E-state index in [1.54, 1.807) is 0 Å². The van der Waals surface area contributed by atoms with Crippen molar-refractivity contribution in [1.29, 1.82) is 0 Å². The minimum atomic E-state index is 0.00933. The summed E-state index contributed by atoms with van der Waals surface area (Å²) in [4.78, 5) is 12.0. The van der Waals surface area contributed by atoms with Gasteiger partial charge in [-0.15, -0.1) is 0 Å². The van der Waals surface area contributed by atoms with Crippen LogP contribution < -0.4 is 11.1 Å². The highest BCUT2D eigenvalue weighted by Crippen LogP contribution is 2.10. The van der Waals surface area contributed by atoms with E-state index in [2.05, 4.69) is 12.2 Å². The van der Waals surface area contributed by atoms with Crippen molar-refractivity contribution in [3.8, 4) is 0 Å². The minimum Gasteiger partial charge on any atom is -0.352 e. The summed E-state index contributed by atoms with van der Waals surface area (Å²) in [6, 6.07) is 5.93. The Kier molecular flexibility index (Phi) is 5.16. The van der Waals surface area contributed by atoms with E-state index in [1.165, 1.54) is 0 Å². The van der Waals surface area contributed by atoms with Crippen molar-refractivity contribution in [1.82, 2.24) is 5.32 Å². The Balaban J connectivity index is 2.61. The average molecular weight is 234 g/mol. The first kappa shape index (κ1) is 13.7. The maximum absolute atomic E-state index is 12.0.